The fourth-order valence-corrected chi connectivity index (χ4v) is 1.98. The predicted molar refractivity (Wildman–Crippen MR) is 57.1 cm³/mol. The van der Waals surface area contributed by atoms with Crippen molar-refractivity contribution in [2.75, 3.05) is 6.54 Å². The first-order chi connectivity index (χ1) is 6.77. The van der Waals surface area contributed by atoms with Crippen LogP contribution in [0.1, 0.15) is 43.0 Å². The SMILES string of the molecule is CC(O)c1ccc(C2CCCN2)cc1. The van der Waals surface area contributed by atoms with Gasteiger partial charge in [-0.2, -0.15) is 0 Å². The first-order valence-electron chi connectivity index (χ1n) is 5.28. The maximum atomic E-state index is 9.36. The van der Waals surface area contributed by atoms with E-state index >= 15 is 0 Å². The zero-order chi connectivity index (χ0) is 9.97. The molecule has 0 radical (unpaired) electrons. The molecule has 1 aromatic carbocycles. The summed E-state index contributed by atoms with van der Waals surface area (Å²) in [6, 6.07) is 8.79. The van der Waals surface area contributed by atoms with Crippen molar-refractivity contribution in [2.45, 2.75) is 31.9 Å². The highest BCUT2D eigenvalue weighted by atomic mass is 16.3. The standard InChI is InChI=1S/C12H17NO/c1-9(14)10-4-6-11(7-5-10)12-3-2-8-13-12/h4-7,9,12-14H,2-3,8H2,1H3. The van der Waals surface area contributed by atoms with Crippen LogP contribution in [0.2, 0.25) is 0 Å². The topological polar surface area (TPSA) is 32.3 Å². The molecule has 1 fully saturated rings. The molecule has 0 spiro atoms. The molecule has 0 aliphatic carbocycles. The fourth-order valence-electron chi connectivity index (χ4n) is 1.98. The van der Waals surface area contributed by atoms with Gasteiger partial charge < -0.3 is 10.4 Å². The maximum absolute atomic E-state index is 9.36. The second-order valence-corrected chi connectivity index (χ2v) is 3.99. The van der Waals surface area contributed by atoms with Crippen LogP contribution in [0, 0.1) is 0 Å². The third kappa shape index (κ3) is 1.97. The summed E-state index contributed by atoms with van der Waals surface area (Å²) in [4.78, 5) is 0. The van der Waals surface area contributed by atoms with E-state index in [1.54, 1.807) is 6.92 Å². The largest absolute Gasteiger partial charge is 0.389 e. The molecule has 1 aliphatic rings. The normalized spacial score (nSPS) is 23.7. The Morgan fingerprint density at radius 1 is 1.36 bits per heavy atom. The number of aliphatic hydroxyl groups is 1. The molecule has 0 amide bonds. The van der Waals surface area contributed by atoms with Crippen molar-refractivity contribution < 1.29 is 5.11 Å². The Kier molecular flexibility index (Phi) is 2.85. The molecular weight excluding hydrogens is 174 g/mol. The van der Waals surface area contributed by atoms with E-state index in [1.165, 1.54) is 18.4 Å². The van der Waals surface area contributed by atoms with E-state index in [1.807, 2.05) is 12.1 Å². The molecular formula is C12H17NO. The molecule has 0 bridgehead atoms. The van der Waals surface area contributed by atoms with Crippen LogP contribution in [0.5, 0.6) is 0 Å². The van der Waals surface area contributed by atoms with E-state index in [9.17, 15) is 5.11 Å². The minimum Gasteiger partial charge on any atom is -0.389 e. The molecule has 0 aromatic heterocycles. The zero-order valence-corrected chi connectivity index (χ0v) is 8.53. The monoisotopic (exact) mass is 191 g/mol. The van der Waals surface area contributed by atoms with Crippen molar-refractivity contribution in [3.05, 3.63) is 35.4 Å². The lowest BCUT2D eigenvalue weighted by molar-refractivity contribution is 0.199. The molecule has 2 rings (SSSR count). The van der Waals surface area contributed by atoms with Gasteiger partial charge in [0.25, 0.3) is 0 Å². The van der Waals surface area contributed by atoms with Crippen molar-refractivity contribution in [3.8, 4) is 0 Å². The smallest absolute Gasteiger partial charge is 0.0761 e. The zero-order valence-electron chi connectivity index (χ0n) is 8.53. The summed E-state index contributed by atoms with van der Waals surface area (Å²) < 4.78 is 0. The molecule has 2 nitrogen and oxygen atoms in total. The number of rotatable bonds is 2. The van der Waals surface area contributed by atoms with E-state index in [2.05, 4.69) is 17.4 Å². The minimum absolute atomic E-state index is 0.361. The third-order valence-electron chi connectivity index (χ3n) is 2.88. The molecule has 2 unspecified atom stereocenters. The molecule has 1 heterocycles. The molecule has 0 saturated carbocycles. The summed E-state index contributed by atoms with van der Waals surface area (Å²) in [7, 11) is 0. The van der Waals surface area contributed by atoms with Gasteiger partial charge in [0.1, 0.15) is 0 Å². The second kappa shape index (κ2) is 4.11. The van der Waals surface area contributed by atoms with Crippen LogP contribution >= 0.6 is 0 Å². The van der Waals surface area contributed by atoms with Crippen LogP contribution in [0.3, 0.4) is 0 Å². The first-order valence-corrected chi connectivity index (χ1v) is 5.28. The molecule has 1 aliphatic heterocycles. The summed E-state index contributed by atoms with van der Waals surface area (Å²) >= 11 is 0. The minimum atomic E-state index is -0.361. The van der Waals surface area contributed by atoms with Crippen molar-refractivity contribution in [1.82, 2.24) is 5.32 Å². The number of hydrogen-bond acceptors (Lipinski definition) is 2. The third-order valence-corrected chi connectivity index (χ3v) is 2.88. The van der Waals surface area contributed by atoms with E-state index in [-0.39, 0.29) is 6.10 Å². The van der Waals surface area contributed by atoms with Crippen LogP contribution in [0.15, 0.2) is 24.3 Å². The molecule has 2 N–H and O–H groups in total. The number of aliphatic hydroxyl groups excluding tert-OH is 1. The summed E-state index contributed by atoms with van der Waals surface area (Å²) in [6.45, 7) is 2.92. The number of nitrogens with one attached hydrogen (secondary N) is 1. The van der Waals surface area contributed by atoms with Gasteiger partial charge in [0.2, 0.25) is 0 Å². The second-order valence-electron chi connectivity index (χ2n) is 3.99. The number of benzene rings is 1. The highest BCUT2D eigenvalue weighted by molar-refractivity contribution is 5.26. The Morgan fingerprint density at radius 3 is 2.57 bits per heavy atom. The van der Waals surface area contributed by atoms with Gasteiger partial charge >= 0.3 is 0 Å². The Balaban J connectivity index is 2.12. The summed E-state index contributed by atoms with van der Waals surface area (Å²) in [5.74, 6) is 0. The molecule has 2 heteroatoms. The van der Waals surface area contributed by atoms with Gasteiger partial charge in [-0.05, 0) is 37.4 Å². The highest BCUT2D eigenvalue weighted by Gasteiger charge is 2.15. The lowest BCUT2D eigenvalue weighted by atomic mass is 10.0. The lowest BCUT2D eigenvalue weighted by Gasteiger charge is -2.11. The van der Waals surface area contributed by atoms with Gasteiger partial charge in [0, 0.05) is 6.04 Å². The van der Waals surface area contributed by atoms with Crippen LogP contribution in [-0.2, 0) is 0 Å². The Bertz CT molecular complexity index is 286. The highest BCUT2D eigenvalue weighted by Crippen LogP contribution is 2.24. The first kappa shape index (κ1) is 9.69. The van der Waals surface area contributed by atoms with Crippen LogP contribution in [0.4, 0.5) is 0 Å². The molecule has 14 heavy (non-hydrogen) atoms. The Hall–Kier alpha value is -0.860. The van der Waals surface area contributed by atoms with Crippen molar-refractivity contribution >= 4 is 0 Å². The van der Waals surface area contributed by atoms with Crippen molar-refractivity contribution in [2.24, 2.45) is 0 Å². The van der Waals surface area contributed by atoms with Gasteiger partial charge in [-0.15, -0.1) is 0 Å². The number of hydrogen-bond donors (Lipinski definition) is 2. The van der Waals surface area contributed by atoms with Crippen molar-refractivity contribution in [1.29, 1.82) is 0 Å². The van der Waals surface area contributed by atoms with Gasteiger partial charge in [0.15, 0.2) is 0 Å². The molecule has 2 atom stereocenters. The van der Waals surface area contributed by atoms with E-state index in [4.69, 9.17) is 0 Å². The van der Waals surface area contributed by atoms with Crippen LogP contribution in [-0.4, -0.2) is 11.7 Å². The van der Waals surface area contributed by atoms with Gasteiger partial charge in [-0.1, -0.05) is 24.3 Å². The van der Waals surface area contributed by atoms with Crippen molar-refractivity contribution in [3.63, 3.8) is 0 Å². The van der Waals surface area contributed by atoms with Gasteiger partial charge in [-0.3, -0.25) is 0 Å². The Morgan fingerprint density at radius 2 is 2.07 bits per heavy atom. The van der Waals surface area contributed by atoms with Crippen LogP contribution < -0.4 is 5.32 Å². The summed E-state index contributed by atoms with van der Waals surface area (Å²) in [5.41, 5.74) is 2.33. The average molecular weight is 191 g/mol. The van der Waals surface area contributed by atoms with Gasteiger partial charge in [-0.25, -0.2) is 0 Å². The van der Waals surface area contributed by atoms with E-state index in [0.29, 0.717) is 6.04 Å². The van der Waals surface area contributed by atoms with E-state index in [0.717, 1.165) is 12.1 Å². The molecule has 76 valence electrons. The molecule has 1 aromatic rings. The van der Waals surface area contributed by atoms with Gasteiger partial charge in [0.05, 0.1) is 6.10 Å². The van der Waals surface area contributed by atoms with Crippen LogP contribution in [0.25, 0.3) is 0 Å². The molecule has 1 saturated heterocycles. The average Bonchev–Trinajstić information content (AvgIpc) is 2.71. The quantitative estimate of drug-likeness (QED) is 0.751. The Labute approximate surface area is 85.0 Å². The fraction of sp³-hybridized carbons (Fsp3) is 0.500. The van der Waals surface area contributed by atoms with E-state index < -0.39 is 0 Å². The summed E-state index contributed by atoms with van der Waals surface area (Å²) in [5, 5.41) is 12.8. The lowest BCUT2D eigenvalue weighted by Crippen LogP contribution is -2.12. The predicted octanol–water partition coefficient (Wildman–Crippen LogP) is 2.16. The summed E-state index contributed by atoms with van der Waals surface area (Å²) in [6.07, 6.45) is 2.14. The maximum Gasteiger partial charge on any atom is 0.0761 e.